The second-order valence-electron chi connectivity index (χ2n) is 13.5. The molecule has 0 radical (unpaired) electrons. The molecule has 3 aromatic heterocycles. The molecule has 0 aliphatic carbocycles. The second kappa shape index (κ2) is 11.1. The van der Waals surface area contributed by atoms with Crippen molar-refractivity contribution in [2.24, 2.45) is 0 Å². The maximum Gasteiger partial charge on any atom is 0.0623 e. The molecule has 11 aromatic rings. The van der Waals surface area contributed by atoms with Gasteiger partial charge in [0.25, 0.3) is 0 Å². The summed E-state index contributed by atoms with van der Waals surface area (Å²) in [6.07, 6.45) is 0. The minimum Gasteiger partial charge on any atom is -0.309 e. The molecule has 0 spiro atoms. The van der Waals surface area contributed by atoms with Crippen LogP contribution in [0.4, 0.5) is 0 Å². The van der Waals surface area contributed by atoms with Crippen LogP contribution in [0.1, 0.15) is 11.0 Å². The van der Waals surface area contributed by atoms with Crippen molar-refractivity contribution in [2.45, 2.75) is 6.92 Å². The zero-order chi connectivity index (χ0) is 37.8. The Morgan fingerprint density at radius 1 is 0.346 bits per heavy atom. The fraction of sp³-hybridized carbons (Fsp3) is 0.0204. The number of aromatic nitrogens is 3. The normalized spacial score (nSPS) is 13.0. The number of hydrogen-bond acceptors (Lipinski definition) is 0. The topological polar surface area (TPSA) is 14.8 Å². The van der Waals surface area contributed by atoms with Crippen molar-refractivity contribution < 1.29 is 5.48 Å². The molecule has 0 atom stereocenters. The Kier molecular flexibility index (Phi) is 5.36. The van der Waals surface area contributed by atoms with E-state index in [1.54, 1.807) is 0 Å². The third-order valence-electron chi connectivity index (χ3n) is 10.7. The summed E-state index contributed by atoms with van der Waals surface area (Å²) in [7, 11) is 0. The monoisotopic (exact) mass is 667 g/mol. The highest BCUT2D eigenvalue weighted by Crippen LogP contribution is 2.41. The molecule has 0 aliphatic heterocycles. The van der Waals surface area contributed by atoms with Gasteiger partial charge in [-0.05, 0) is 73.7 Å². The lowest BCUT2D eigenvalue weighted by Gasteiger charge is -2.18. The summed E-state index contributed by atoms with van der Waals surface area (Å²) in [6.45, 7) is 2.10. The molecule has 3 nitrogen and oxygen atoms in total. The molecule has 8 aromatic carbocycles. The fourth-order valence-corrected chi connectivity index (χ4v) is 8.45. The van der Waals surface area contributed by atoms with Gasteiger partial charge in [-0.2, -0.15) is 0 Å². The van der Waals surface area contributed by atoms with Gasteiger partial charge in [0.15, 0.2) is 0 Å². The molecule has 0 amide bonds. The first-order valence-electron chi connectivity index (χ1n) is 19.6. The van der Waals surface area contributed by atoms with E-state index in [2.05, 4.69) is 112 Å². The Labute approximate surface area is 306 Å². The van der Waals surface area contributed by atoms with Crippen LogP contribution in [-0.4, -0.2) is 13.7 Å². The standard InChI is InChI=1S/C49H33N3/c1-32-26-28-48-40(30-32)38-18-6-8-20-42(38)50(48)33-27-29-49-41(31-33)39-19-7-13-25-47(39)52(49)46-24-12-5-17-37(46)36-16-4-11-23-45(36)51-43-21-9-2-14-34(43)35-15-3-10-22-44(35)51/h2-31H,1H3/i2D,3D,6D,7D. The lowest BCUT2D eigenvalue weighted by atomic mass is 10.0. The maximum absolute atomic E-state index is 8.70. The number of fused-ring (bicyclic) bond motifs is 9. The van der Waals surface area contributed by atoms with Gasteiger partial charge in [0.1, 0.15) is 0 Å². The van der Waals surface area contributed by atoms with Crippen LogP contribution in [0.2, 0.25) is 0 Å². The highest BCUT2D eigenvalue weighted by atomic mass is 15.0. The number of rotatable bonds is 4. The van der Waals surface area contributed by atoms with Gasteiger partial charge in [0.05, 0.1) is 50.0 Å². The molecule has 0 aliphatic rings. The highest BCUT2D eigenvalue weighted by Gasteiger charge is 2.21. The van der Waals surface area contributed by atoms with E-state index in [-0.39, 0.29) is 0 Å². The summed E-state index contributed by atoms with van der Waals surface area (Å²) in [6, 6.07) is 55.2. The molecule has 0 saturated heterocycles. The third-order valence-corrected chi connectivity index (χ3v) is 10.7. The Hall–Kier alpha value is -6.84. The van der Waals surface area contributed by atoms with Crippen molar-refractivity contribution in [1.82, 2.24) is 13.7 Å². The molecule has 0 fully saturated rings. The summed E-state index contributed by atoms with van der Waals surface area (Å²) < 4.78 is 40.8. The predicted octanol–water partition coefficient (Wildman–Crippen LogP) is 13.0. The van der Waals surface area contributed by atoms with E-state index in [0.29, 0.717) is 24.2 Å². The van der Waals surface area contributed by atoms with Crippen LogP contribution in [-0.2, 0) is 0 Å². The summed E-state index contributed by atoms with van der Waals surface area (Å²) in [4.78, 5) is 0. The Morgan fingerprint density at radius 3 is 1.29 bits per heavy atom. The first-order valence-corrected chi connectivity index (χ1v) is 17.6. The first kappa shape index (κ1) is 25.2. The highest BCUT2D eigenvalue weighted by molar-refractivity contribution is 6.13. The lowest BCUT2D eigenvalue weighted by Crippen LogP contribution is -2.01. The molecule has 52 heavy (non-hydrogen) atoms. The Balaban J connectivity index is 1.17. The number of aryl methyl sites for hydroxylation is 1. The van der Waals surface area contributed by atoms with Gasteiger partial charge >= 0.3 is 0 Å². The average molecular weight is 668 g/mol. The number of nitrogens with zero attached hydrogens (tertiary/aromatic N) is 3. The van der Waals surface area contributed by atoms with Gasteiger partial charge in [0, 0.05) is 49.1 Å². The smallest absolute Gasteiger partial charge is 0.0623 e. The van der Waals surface area contributed by atoms with E-state index in [4.69, 9.17) is 5.48 Å². The van der Waals surface area contributed by atoms with Crippen LogP contribution < -0.4 is 0 Å². The van der Waals surface area contributed by atoms with Crippen LogP contribution in [0.5, 0.6) is 0 Å². The van der Waals surface area contributed by atoms with Gasteiger partial charge in [-0.25, -0.2) is 0 Å². The van der Waals surface area contributed by atoms with Gasteiger partial charge in [-0.3, -0.25) is 0 Å². The van der Waals surface area contributed by atoms with E-state index in [1.165, 1.54) is 5.56 Å². The molecule has 244 valence electrons. The van der Waals surface area contributed by atoms with Crippen molar-refractivity contribution in [3.05, 3.63) is 187 Å². The van der Waals surface area contributed by atoms with E-state index < -0.39 is 0 Å². The van der Waals surface area contributed by atoms with Crippen LogP contribution in [0, 0.1) is 6.92 Å². The molecule has 3 heteroatoms. The second-order valence-corrected chi connectivity index (χ2v) is 13.5. The van der Waals surface area contributed by atoms with Gasteiger partial charge in [-0.15, -0.1) is 0 Å². The van der Waals surface area contributed by atoms with Gasteiger partial charge in [0.2, 0.25) is 0 Å². The van der Waals surface area contributed by atoms with Crippen molar-refractivity contribution in [3.8, 4) is 28.2 Å². The molecule has 0 unspecified atom stereocenters. The van der Waals surface area contributed by atoms with E-state index in [1.807, 2.05) is 66.7 Å². The molecule has 0 N–H and O–H groups in total. The molecule has 0 saturated carbocycles. The van der Waals surface area contributed by atoms with Crippen LogP contribution in [0.3, 0.4) is 0 Å². The zero-order valence-electron chi connectivity index (χ0n) is 32.4. The maximum atomic E-state index is 8.70. The van der Waals surface area contributed by atoms with Crippen LogP contribution in [0.25, 0.3) is 93.6 Å². The number of hydrogen-bond donors (Lipinski definition) is 0. The largest absolute Gasteiger partial charge is 0.309 e. The van der Waals surface area contributed by atoms with Crippen molar-refractivity contribution in [2.75, 3.05) is 0 Å². The lowest BCUT2D eigenvalue weighted by molar-refractivity contribution is 1.15. The van der Waals surface area contributed by atoms with Crippen LogP contribution in [0.15, 0.2) is 182 Å². The molecule has 0 bridgehead atoms. The average Bonchev–Trinajstić information content (AvgIpc) is 3.81. The van der Waals surface area contributed by atoms with E-state index >= 15 is 0 Å². The first-order chi connectivity index (χ1) is 27.3. The zero-order valence-corrected chi connectivity index (χ0v) is 28.4. The molecular formula is C49H33N3. The Morgan fingerprint density at radius 2 is 0.750 bits per heavy atom. The minimum absolute atomic E-state index is 0.436. The molecule has 11 rings (SSSR count). The van der Waals surface area contributed by atoms with Crippen molar-refractivity contribution in [3.63, 3.8) is 0 Å². The fourth-order valence-electron chi connectivity index (χ4n) is 8.45. The summed E-state index contributed by atoms with van der Waals surface area (Å²) in [5.41, 5.74) is 12.5. The van der Waals surface area contributed by atoms with Crippen LogP contribution >= 0.6 is 0 Å². The third kappa shape index (κ3) is 4.08. The van der Waals surface area contributed by atoms with Gasteiger partial charge < -0.3 is 13.7 Å². The molecular weight excluding hydrogens is 631 g/mol. The predicted molar refractivity (Wildman–Crippen MR) is 220 cm³/mol. The quantitative estimate of drug-likeness (QED) is 0.177. The van der Waals surface area contributed by atoms with Gasteiger partial charge in [-0.1, -0.05) is 121 Å². The summed E-state index contributed by atoms with van der Waals surface area (Å²) >= 11 is 0. The summed E-state index contributed by atoms with van der Waals surface area (Å²) in [5, 5.41) is 6.14. The SMILES string of the molecule is [2H]c1ccc2c(c1)c1cc(C)ccc1n2-c1ccc2c(c1)c1cc([2H])ccc1n2-c1ccccc1-c1ccccc1-n1c2ccc([2H])cc2c2cc([2H])ccc21. The minimum atomic E-state index is 0.436. The molecule has 3 heterocycles. The number of benzene rings is 8. The summed E-state index contributed by atoms with van der Waals surface area (Å²) in [5.74, 6) is 0. The van der Waals surface area contributed by atoms with E-state index in [0.717, 1.165) is 93.6 Å². The van der Waals surface area contributed by atoms with Crippen molar-refractivity contribution in [1.29, 1.82) is 0 Å². The van der Waals surface area contributed by atoms with Crippen molar-refractivity contribution >= 4 is 65.4 Å². The number of para-hydroxylation sites is 6. The Bertz CT molecular complexity index is 3320. The van der Waals surface area contributed by atoms with E-state index in [9.17, 15) is 0 Å².